The molecule has 4 nitrogen and oxygen atoms in total. The average Bonchev–Trinajstić information content (AvgIpc) is 2.94. The van der Waals surface area contributed by atoms with Crippen molar-refractivity contribution in [1.82, 2.24) is 10.3 Å². The molecule has 2 atom stereocenters. The summed E-state index contributed by atoms with van der Waals surface area (Å²) in [5.74, 6) is -0.448. The van der Waals surface area contributed by atoms with Gasteiger partial charge in [0.1, 0.15) is 0 Å². The van der Waals surface area contributed by atoms with Crippen LogP contribution >= 0.6 is 0 Å². The zero-order valence-corrected chi connectivity index (χ0v) is 10.0. The molecule has 1 fully saturated rings. The lowest BCUT2D eigenvalue weighted by Gasteiger charge is -2.17. The molecule has 18 heavy (non-hydrogen) atoms. The quantitative estimate of drug-likeness (QED) is 0.774. The first-order valence-corrected chi connectivity index (χ1v) is 6.27. The Bertz CT molecular complexity index is 576. The molecule has 0 spiro atoms. The van der Waals surface area contributed by atoms with Crippen LogP contribution in [0.3, 0.4) is 0 Å². The lowest BCUT2D eigenvalue weighted by Crippen LogP contribution is -2.28. The SMILES string of the molecule is O=C(O)CC1NCCC1c1c[nH]c2ccccc12. The minimum Gasteiger partial charge on any atom is -0.481 e. The van der Waals surface area contributed by atoms with E-state index >= 15 is 0 Å². The lowest BCUT2D eigenvalue weighted by molar-refractivity contribution is -0.137. The highest BCUT2D eigenvalue weighted by Crippen LogP contribution is 2.34. The van der Waals surface area contributed by atoms with Gasteiger partial charge in [0.15, 0.2) is 0 Å². The number of nitrogens with one attached hydrogen (secondary N) is 2. The maximum Gasteiger partial charge on any atom is 0.304 e. The van der Waals surface area contributed by atoms with Gasteiger partial charge in [-0.1, -0.05) is 18.2 Å². The van der Waals surface area contributed by atoms with Crippen molar-refractivity contribution in [3.8, 4) is 0 Å². The van der Waals surface area contributed by atoms with E-state index in [2.05, 4.69) is 16.4 Å². The van der Waals surface area contributed by atoms with Gasteiger partial charge in [-0.15, -0.1) is 0 Å². The summed E-state index contributed by atoms with van der Waals surface area (Å²) >= 11 is 0. The monoisotopic (exact) mass is 244 g/mol. The molecule has 94 valence electrons. The van der Waals surface area contributed by atoms with E-state index in [1.807, 2.05) is 24.4 Å². The molecule has 2 aromatic rings. The molecule has 1 saturated heterocycles. The fraction of sp³-hybridized carbons (Fsp3) is 0.357. The number of fused-ring (bicyclic) bond motifs is 1. The summed E-state index contributed by atoms with van der Waals surface area (Å²) in [4.78, 5) is 14.1. The molecular weight excluding hydrogens is 228 g/mol. The van der Waals surface area contributed by atoms with E-state index in [1.54, 1.807) is 0 Å². The summed E-state index contributed by atoms with van der Waals surface area (Å²) in [7, 11) is 0. The minimum absolute atomic E-state index is 0.0432. The highest BCUT2D eigenvalue weighted by atomic mass is 16.4. The lowest BCUT2D eigenvalue weighted by atomic mass is 9.90. The fourth-order valence-corrected chi connectivity index (χ4v) is 2.94. The molecule has 2 heterocycles. The van der Waals surface area contributed by atoms with Crippen molar-refractivity contribution >= 4 is 16.9 Å². The van der Waals surface area contributed by atoms with E-state index < -0.39 is 5.97 Å². The second-order valence-corrected chi connectivity index (χ2v) is 4.84. The molecule has 0 saturated carbocycles. The highest BCUT2D eigenvalue weighted by Gasteiger charge is 2.31. The second-order valence-electron chi connectivity index (χ2n) is 4.84. The number of para-hydroxylation sites is 1. The number of carbonyl (C=O) groups is 1. The van der Waals surface area contributed by atoms with Crippen LogP contribution in [0.1, 0.15) is 24.3 Å². The van der Waals surface area contributed by atoms with Gasteiger partial charge in [-0.05, 0) is 24.6 Å². The van der Waals surface area contributed by atoms with Crippen LogP contribution in [0.15, 0.2) is 30.5 Å². The molecule has 0 radical (unpaired) electrons. The van der Waals surface area contributed by atoms with E-state index in [4.69, 9.17) is 5.11 Å². The van der Waals surface area contributed by atoms with Gasteiger partial charge in [-0.2, -0.15) is 0 Å². The van der Waals surface area contributed by atoms with Crippen LogP contribution in [-0.4, -0.2) is 28.6 Å². The van der Waals surface area contributed by atoms with Crippen molar-refractivity contribution in [3.63, 3.8) is 0 Å². The number of H-pyrrole nitrogens is 1. The van der Waals surface area contributed by atoms with E-state index in [0.717, 1.165) is 18.5 Å². The summed E-state index contributed by atoms with van der Waals surface area (Å²) in [5, 5.41) is 13.5. The third-order valence-corrected chi connectivity index (χ3v) is 3.76. The Labute approximate surface area is 105 Å². The van der Waals surface area contributed by atoms with Crippen LogP contribution in [0.4, 0.5) is 0 Å². The van der Waals surface area contributed by atoms with Gasteiger partial charge >= 0.3 is 5.97 Å². The first-order valence-electron chi connectivity index (χ1n) is 6.27. The van der Waals surface area contributed by atoms with E-state index in [1.165, 1.54) is 10.9 Å². The molecular formula is C14H16N2O2. The minimum atomic E-state index is -0.737. The maximum absolute atomic E-state index is 10.9. The molecule has 4 heteroatoms. The highest BCUT2D eigenvalue weighted by molar-refractivity contribution is 5.84. The topological polar surface area (TPSA) is 65.1 Å². The van der Waals surface area contributed by atoms with Crippen molar-refractivity contribution in [2.24, 2.45) is 0 Å². The number of aliphatic carboxylic acids is 1. The number of hydrogen-bond donors (Lipinski definition) is 3. The van der Waals surface area contributed by atoms with Gasteiger partial charge in [0.25, 0.3) is 0 Å². The molecule has 1 aromatic heterocycles. The van der Waals surface area contributed by atoms with Gasteiger partial charge in [0.2, 0.25) is 0 Å². The summed E-state index contributed by atoms with van der Waals surface area (Å²) in [5.41, 5.74) is 2.36. The summed E-state index contributed by atoms with van der Waals surface area (Å²) in [6.45, 7) is 0.891. The Hall–Kier alpha value is -1.81. The Morgan fingerprint density at radius 3 is 3.06 bits per heavy atom. The van der Waals surface area contributed by atoms with Crippen LogP contribution < -0.4 is 5.32 Å². The zero-order valence-electron chi connectivity index (χ0n) is 10.0. The van der Waals surface area contributed by atoms with Crippen LogP contribution in [0, 0.1) is 0 Å². The molecule has 3 rings (SSSR count). The number of carboxylic acids is 1. The van der Waals surface area contributed by atoms with E-state index in [0.29, 0.717) is 0 Å². The standard InChI is InChI=1S/C14H16N2O2/c17-14(18)7-13-10(5-6-15-13)11-8-16-12-4-2-1-3-9(11)12/h1-4,8,10,13,15-16H,5-7H2,(H,17,18). The molecule has 2 unspecified atom stereocenters. The van der Waals surface area contributed by atoms with Gasteiger partial charge in [0, 0.05) is 29.1 Å². The molecule has 0 aliphatic carbocycles. The molecule has 0 amide bonds. The molecule has 1 aliphatic heterocycles. The zero-order chi connectivity index (χ0) is 12.5. The smallest absolute Gasteiger partial charge is 0.304 e. The van der Waals surface area contributed by atoms with Gasteiger partial charge in [-0.3, -0.25) is 4.79 Å². The summed E-state index contributed by atoms with van der Waals surface area (Å²) < 4.78 is 0. The number of benzene rings is 1. The van der Waals surface area contributed by atoms with Crippen molar-refractivity contribution in [3.05, 3.63) is 36.0 Å². The summed E-state index contributed by atoms with van der Waals surface area (Å²) in [6, 6.07) is 8.21. The summed E-state index contributed by atoms with van der Waals surface area (Å²) in [6.07, 6.45) is 3.21. The molecule has 3 N–H and O–H groups in total. The third-order valence-electron chi connectivity index (χ3n) is 3.76. The first-order chi connectivity index (χ1) is 8.75. The first kappa shape index (κ1) is 11.3. The molecule has 1 aliphatic rings. The molecule has 0 bridgehead atoms. The van der Waals surface area contributed by atoms with Crippen molar-refractivity contribution < 1.29 is 9.90 Å². The van der Waals surface area contributed by atoms with Crippen molar-refractivity contribution in [2.75, 3.05) is 6.54 Å². The Morgan fingerprint density at radius 1 is 1.39 bits per heavy atom. The van der Waals surface area contributed by atoms with Gasteiger partial charge < -0.3 is 15.4 Å². The Kier molecular flexibility index (Phi) is 2.80. The number of carboxylic acid groups (broad SMARTS) is 1. The Morgan fingerprint density at radius 2 is 2.22 bits per heavy atom. The molecule has 1 aromatic carbocycles. The van der Waals surface area contributed by atoms with Crippen LogP contribution in [0.5, 0.6) is 0 Å². The number of hydrogen-bond acceptors (Lipinski definition) is 2. The largest absolute Gasteiger partial charge is 0.481 e. The number of aromatic amines is 1. The van der Waals surface area contributed by atoms with Crippen LogP contribution in [0.25, 0.3) is 10.9 Å². The van der Waals surface area contributed by atoms with Crippen LogP contribution in [0.2, 0.25) is 0 Å². The van der Waals surface area contributed by atoms with Gasteiger partial charge in [-0.25, -0.2) is 0 Å². The average molecular weight is 244 g/mol. The van der Waals surface area contributed by atoms with E-state index in [9.17, 15) is 4.79 Å². The third kappa shape index (κ3) is 1.88. The normalized spacial score (nSPS) is 23.6. The van der Waals surface area contributed by atoms with Crippen LogP contribution in [-0.2, 0) is 4.79 Å². The van der Waals surface area contributed by atoms with E-state index in [-0.39, 0.29) is 18.4 Å². The number of aromatic nitrogens is 1. The number of rotatable bonds is 3. The predicted octanol–water partition coefficient (Wildman–Crippen LogP) is 2.09. The predicted molar refractivity (Wildman–Crippen MR) is 69.7 cm³/mol. The van der Waals surface area contributed by atoms with Crippen molar-refractivity contribution in [1.29, 1.82) is 0 Å². The Balaban J connectivity index is 1.96. The fourth-order valence-electron chi connectivity index (χ4n) is 2.94. The van der Waals surface area contributed by atoms with Gasteiger partial charge in [0.05, 0.1) is 6.42 Å². The second kappa shape index (κ2) is 4.46. The van der Waals surface area contributed by atoms with Crippen molar-refractivity contribution in [2.45, 2.75) is 24.8 Å². The maximum atomic E-state index is 10.9.